The first kappa shape index (κ1) is 14.3. The Morgan fingerprint density at radius 2 is 1.70 bits per heavy atom. The summed E-state index contributed by atoms with van der Waals surface area (Å²) in [5.74, 6) is -4.04. The van der Waals surface area contributed by atoms with Gasteiger partial charge in [0.1, 0.15) is 4.99 Å². The lowest BCUT2D eigenvalue weighted by atomic mass is 10.1. The summed E-state index contributed by atoms with van der Waals surface area (Å²) >= 11 is 4.91. The molecular weight excluding hydrogens is 285 g/mol. The van der Waals surface area contributed by atoms with E-state index in [9.17, 15) is 13.2 Å². The summed E-state index contributed by atoms with van der Waals surface area (Å²) in [4.78, 5) is 0.149. The van der Waals surface area contributed by atoms with Crippen molar-refractivity contribution in [1.82, 2.24) is 0 Å². The van der Waals surface area contributed by atoms with Crippen molar-refractivity contribution in [3.63, 3.8) is 0 Å². The van der Waals surface area contributed by atoms with Crippen LogP contribution in [-0.2, 0) is 0 Å². The van der Waals surface area contributed by atoms with Crippen LogP contribution in [0, 0.1) is 24.4 Å². The molecule has 104 valence electrons. The quantitative estimate of drug-likeness (QED) is 0.668. The Bertz CT molecular complexity index is 663. The van der Waals surface area contributed by atoms with Crippen LogP contribution in [0.5, 0.6) is 0 Å². The summed E-state index contributed by atoms with van der Waals surface area (Å²) in [6, 6.07) is 6.98. The summed E-state index contributed by atoms with van der Waals surface area (Å²) in [5, 5.41) is 2.79. The highest BCUT2D eigenvalue weighted by molar-refractivity contribution is 7.80. The van der Waals surface area contributed by atoms with Gasteiger partial charge in [0.25, 0.3) is 0 Å². The van der Waals surface area contributed by atoms with E-state index in [0.29, 0.717) is 11.3 Å². The number of anilines is 2. The maximum Gasteiger partial charge on any atom is 0.194 e. The van der Waals surface area contributed by atoms with Gasteiger partial charge in [-0.15, -0.1) is 0 Å². The van der Waals surface area contributed by atoms with E-state index in [1.165, 1.54) is 0 Å². The second-order valence-corrected chi connectivity index (χ2v) is 4.73. The van der Waals surface area contributed by atoms with Crippen molar-refractivity contribution in [2.24, 2.45) is 5.73 Å². The van der Waals surface area contributed by atoms with E-state index in [0.717, 1.165) is 17.7 Å². The number of benzene rings is 2. The summed E-state index contributed by atoms with van der Waals surface area (Å²) in [6.45, 7) is 1.85. The molecule has 6 heteroatoms. The van der Waals surface area contributed by atoms with Crippen molar-refractivity contribution in [1.29, 1.82) is 0 Å². The second-order valence-electron chi connectivity index (χ2n) is 4.29. The number of hydrogen-bond donors (Lipinski definition) is 2. The molecule has 0 saturated carbocycles. The Balaban J connectivity index is 2.44. The molecule has 20 heavy (non-hydrogen) atoms. The molecule has 2 aromatic rings. The Morgan fingerprint density at radius 1 is 1.10 bits per heavy atom. The molecule has 2 rings (SSSR count). The molecule has 0 aliphatic rings. The van der Waals surface area contributed by atoms with Crippen LogP contribution in [0.1, 0.15) is 11.1 Å². The van der Waals surface area contributed by atoms with Gasteiger partial charge in [0, 0.05) is 29.1 Å². The zero-order valence-corrected chi connectivity index (χ0v) is 11.3. The minimum atomic E-state index is -1.51. The maximum absolute atomic E-state index is 13.2. The van der Waals surface area contributed by atoms with E-state index >= 15 is 0 Å². The minimum absolute atomic E-state index is 0.0736. The Morgan fingerprint density at radius 3 is 2.25 bits per heavy atom. The topological polar surface area (TPSA) is 38.0 Å². The normalized spacial score (nSPS) is 10.4. The molecule has 3 N–H and O–H groups in total. The fourth-order valence-corrected chi connectivity index (χ4v) is 1.94. The van der Waals surface area contributed by atoms with Crippen molar-refractivity contribution in [2.75, 3.05) is 5.32 Å². The number of hydrogen-bond acceptors (Lipinski definition) is 2. The highest BCUT2D eigenvalue weighted by Gasteiger charge is 2.12. The van der Waals surface area contributed by atoms with Crippen molar-refractivity contribution in [2.45, 2.75) is 6.92 Å². The van der Waals surface area contributed by atoms with Gasteiger partial charge in [0.05, 0.1) is 0 Å². The average Bonchev–Trinajstić information content (AvgIpc) is 2.35. The zero-order valence-electron chi connectivity index (χ0n) is 10.5. The lowest BCUT2D eigenvalue weighted by Crippen LogP contribution is -2.12. The molecule has 0 atom stereocenters. The lowest BCUT2D eigenvalue weighted by Gasteiger charge is -2.12. The number of nitrogens with two attached hydrogens (primary N) is 1. The van der Waals surface area contributed by atoms with Crippen molar-refractivity contribution >= 4 is 28.6 Å². The van der Waals surface area contributed by atoms with Gasteiger partial charge in [-0.1, -0.05) is 18.3 Å². The molecule has 0 saturated heterocycles. The third kappa shape index (κ3) is 2.91. The summed E-state index contributed by atoms with van der Waals surface area (Å²) in [7, 11) is 0. The fraction of sp³-hybridized carbons (Fsp3) is 0.0714. The van der Waals surface area contributed by atoms with Gasteiger partial charge in [-0.3, -0.25) is 0 Å². The van der Waals surface area contributed by atoms with E-state index in [1.807, 2.05) is 13.0 Å². The molecule has 0 fully saturated rings. The van der Waals surface area contributed by atoms with Gasteiger partial charge in [-0.05, 0) is 24.6 Å². The van der Waals surface area contributed by atoms with Gasteiger partial charge in [-0.25, -0.2) is 13.2 Å². The third-order valence-corrected chi connectivity index (χ3v) is 2.92. The number of rotatable bonds is 3. The zero-order chi connectivity index (χ0) is 14.9. The predicted molar refractivity (Wildman–Crippen MR) is 76.7 cm³/mol. The fourth-order valence-electron chi connectivity index (χ4n) is 1.76. The average molecular weight is 296 g/mol. The predicted octanol–water partition coefficient (Wildman–Crippen LogP) is 3.79. The van der Waals surface area contributed by atoms with Crippen LogP contribution in [0.2, 0.25) is 0 Å². The Labute approximate surface area is 119 Å². The second kappa shape index (κ2) is 5.50. The summed E-state index contributed by atoms with van der Waals surface area (Å²) < 4.78 is 39.3. The molecule has 0 aliphatic heterocycles. The van der Waals surface area contributed by atoms with Crippen LogP contribution in [0.25, 0.3) is 0 Å². The molecule has 0 amide bonds. The molecule has 0 aliphatic carbocycles. The number of thiocarbonyl (C=S) groups is 1. The van der Waals surface area contributed by atoms with Gasteiger partial charge in [0.2, 0.25) is 0 Å². The largest absolute Gasteiger partial charge is 0.389 e. The molecule has 0 aromatic heterocycles. The molecule has 2 aromatic carbocycles. The van der Waals surface area contributed by atoms with Crippen LogP contribution in [0.4, 0.5) is 24.5 Å². The number of nitrogens with one attached hydrogen (secondary N) is 1. The SMILES string of the molecule is Cc1ccc(C(N)=S)c(Nc2cc(F)c(F)c(F)c2)c1. The van der Waals surface area contributed by atoms with Gasteiger partial charge in [-0.2, -0.15) is 0 Å². The third-order valence-electron chi connectivity index (χ3n) is 2.70. The smallest absolute Gasteiger partial charge is 0.194 e. The molecule has 2 nitrogen and oxygen atoms in total. The van der Waals surface area contributed by atoms with Crippen LogP contribution in [0.15, 0.2) is 30.3 Å². The first-order chi connectivity index (χ1) is 9.38. The van der Waals surface area contributed by atoms with E-state index < -0.39 is 17.5 Å². The standard InChI is InChI=1S/C14H11F3N2S/c1-7-2-3-9(14(18)20)12(4-7)19-8-5-10(15)13(17)11(16)6-8/h2-6,19H,1H3,(H2,18,20). The van der Waals surface area contributed by atoms with E-state index in [4.69, 9.17) is 18.0 Å². The van der Waals surface area contributed by atoms with Crippen molar-refractivity contribution < 1.29 is 13.2 Å². The summed E-state index contributed by atoms with van der Waals surface area (Å²) in [6.07, 6.45) is 0. The molecule has 0 radical (unpaired) electrons. The summed E-state index contributed by atoms with van der Waals surface area (Å²) in [5.41, 5.74) is 7.61. The van der Waals surface area contributed by atoms with Gasteiger partial charge in [0.15, 0.2) is 17.5 Å². The monoisotopic (exact) mass is 296 g/mol. The molecule has 0 unspecified atom stereocenters. The Hall–Kier alpha value is -2.08. The highest BCUT2D eigenvalue weighted by atomic mass is 32.1. The van der Waals surface area contributed by atoms with Gasteiger partial charge >= 0.3 is 0 Å². The van der Waals surface area contributed by atoms with Gasteiger partial charge < -0.3 is 11.1 Å². The first-order valence-electron chi connectivity index (χ1n) is 5.70. The highest BCUT2D eigenvalue weighted by Crippen LogP contribution is 2.25. The van der Waals surface area contributed by atoms with Crippen LogP contribution < -0.4 is 11.1 Å². The van der Waals surface area contributed by atoms with E-state index in [2.05, 4.69) is 5.32 Å². The molecule has 0 bridgehead atoms. The van der Waals surface area contributed by atoms with E-state index in [1.54, 1.807) is 12.1 Å². The van der Waals surface area contributed by atoms with Crippen LogP contribution in [-0.4, -0.2) is 4.99 Å². The lowest BCUT2D eigenvalue weighted by molar-refractivity contribution is 0.448. The molecular formula is C14H11F3N2S. The minimum Gasteiger partial charge on any atom is -0.389 e. The van der Waals surface area contributed by atoms with E-state index in [-0.39, 0.29) is 10.7 Å². The maximum atomic E-state index is 13.2. The number of aryl methyl sites for hydroxylation is 1. The molecule has 0 heterocycles. The van der Waals surface area contributed by atoms with Crippen LogP contribution in [0.3, 0.4) is 0 Å². The van der Waals surface area contributed by atoms with Crippen molar-refractivity contribution in [3.8, 4) is 0 Å². The van der Waals surface area contributed by atoms with Crippen molar-refractivity contribution in [3.05, 3.63) is 58.9 Å². The van der Waals surface area contributed by atoms with Crippen LogP contribution >= 0.6 is 12.2 Å². The Kier molecular flexibility index (Phi) is 3.94. The first-order valence-corrected chi connectivity index (χ1v) is 6.11. The number of halogens is 3. The molecule has 0 spiro atoms.